The van der Waals surface area contributed by atoms with Gasteiger partial charge < -0.3 is 99.7 Å². The van der Waals surface area contributed by atoms with E-state index in [9.17, 15) is 0 Å². The van der Waals surface area contributed by atoms with Crippen LogP contribution in [0.25, 0.3) is 0 Å². The highest BCUT2D eigenvalue weighted by Crippen LogP contribution is 2.42. The van der Waals surface area contributed by atoms with Crippen LogP contribution in [0.4, 0.5) is 28.4 Å². The number of nitrogens with one attached hydrogen (secondary N) is 5. The maximum atomic E-state index is 8.32. The van der Waals surface area contributed by atoms with Crippen molar-refractivity contribution in [1.29, 1.82) is 27.0 Å². The van der Waals surface area contributed by atoms with Crippen molar-refractivity contribution >= 4 is 114 Å². The molecule has 19 rings (SSSR count). The van der Waals surface area contributed by atoms with E-state index in [0.717, 1.165) is 206 Å². The molecular weight excluding hydrogens is 1710 g/mol. The number of hydrogen-bond acceptors (Lipinski definition) is 25. The lowest BCUT2D eigenvalue weighted by Crippen LogP contribution is -2.38. The highest BCUT2D eigenvalue weighted by Gasteiger charge is 2.31. The summed E-state index contributed by atoms with van der Waals surface area (Å²) in [6, 6.07) is 53.3. The molecule has 5 aromatic carbocycles. The van der Waals surface area contributed by atoms with Gasteiger partial charge in [0.15, 0.2) is 0 Å². The van der Waals surface area contributed by atoms with Gasteiger partial charge in [-0.2, -0.15) is 0 Å². The third-order valence-corrected chi connectivity index (χ3v) is 30.1. The molecule has 5 aromatic heterocycles. The lowest BCUT2D eigenvalue weighted by molar-refractivity contribution is 0.284. The van der Waals surface area contributed by atoms with Crippen LogP contribution >= 0.6 is 56.7 Å². The Kier molecular flexibility index (Phi) is 35.9. The highest BCUT2D eigenvalue weighted by molar-refractivity contribution is 7.13. The van der Waals surface area contributed by atoms with Crippen molar-refractivity contribution in [3.8, 4) is 28.7 Å². The fourth-order valence-corrected chi connectivity index (χ4v) is 21.6. The summed E-state index contributed by atoms with van der Waals surface area (Å²) in [5.74, 6) is 4.67. The SMILES string of the molecule is C.C.C=C1COc2cc(CC(=N)c3cccs3)ccc2N1CCC1CCCN1C.C=C1COc2cc(CC(=N)c3cccs3)ccc2N1CCN(C)C.C=C1COc2cc(CC(=N)c3cccs3)ccc2N1CCN1CCCC1.CN1CCCC1CCN1CCOc2cc(CC(=N)c3cccs3)ccc21.N=C(Cc1ccc2c(c1)OCCN2CCN1CCCC1)c1cccs1. The molecular formula is C105H135N15O5S5. The van der Waals surface area contributed by atoms with Crippen LogP contribution in [0.15, 0.2) is 215 Å². The van der Waals surface area contributed by atoms with Gasteiger partial charge in [-0.15, -0.1) is 56.7 Å². The number of thiophene rings is 5. The first-order valence-corrected chi connectivity index (χ1v) is 50.0. The van der Waals surface area contributed by atoms with Crippen molar-refractivity contribution in [2.75, 3.05) is 190 Å². The zero-order valence-electron chi connectivity index (χ0n) is 75.1. The first kappa shape index (κ1) is 97.5. The Bertz CT molecular complexity index is 5370. The molecule has 25 heteroatoms. The van der Waals surface area contributed by atoms with E-state index in [0.29, 0.717) is 86.5 Å². The van der Waals surface area contributed by atoms with E-state index in [2.05, 4.69) is 188 Å². The minimum absolute atomic E-state index is 0. The topological polar surface area (TPSA) is 198 Å². The molecule has 10 aromatic rings. The average molecular weight is 1850 g/mol. The van der Waals surface area contributed by atoms with Crippen LogP contribution in [-0.2, 0) is 32.1 Å². The normalized spacial score (nSPS) is 17.5. The van der Waals surface area contributed by atoms with E-state index < -0.39 is 0 Å². The zero-order valence-corrected chi connectivity index (χ0v) is 79.2. The molecule has 0 bridgehead atoms. The molecule has 20 nitrogen and oxygen atoms in total. The molecule has 0 saturated carbocycles. The molecule has 130 heavy (non-hydrogen) atoms. The molecule has 2 unspecified atom stereocenters. The Labute approximate surface area is 793 Å². The number of nitrogens with zero attached hydrogens (tertiary/aromatic N) is 10. The van der Waals surface area contributed by atoms with Gasteiger partial charge in [-0.05, 0) is 277 Å². The predicted molar refractivity (Wildman–Crippen MR) is 552 cm³/mol. The summed E-state index contributed by atoms with van der Waals surface area (Å²) in [6.45, 7) is 33.1. The molecule has 0 spiro atoms. The summed E-state index contributed by atoms with van der Waals surface area (Å²) in [6.07, 6.45) is 16.2. The molecule has 4 saturated heterocycles. The minimum atomic E-state index is 0. The van der Waals surface area contributed by atoms with E-state index in [-0.39, 0.29) is 14.9 Å². The zero-order chi connectivity index (χ0) is 88.8. The van der Waals surface area contributed by atoms with Crippen molar-refractivity contribution in [3.05, 3.63) is 268 Å². The van der Waals surface area contributed by atoms with Crippen LogP contribution in [0.1, 0.15) is 131 Å². The largest absolute Gasteiger partial charge is 0.490 e. The molecule has 690 valence electrons. The molecule has 9 aliphatic heterocycles. The molecule has 0 amide bonds. The molecule has 2 atom stereocenters. The van der Waals surface area contributed by atoms with E-state index in [1.54, 1.807) is 56.7 Å². The lowest BCUT2D eigenvalue weighted by atomic mass is 10.0. The van der Waals surface area contributed by atoms with E-state index in [1.165, 1.54) is 108 Å². The maximum Gasteiger partial charge on any atom is 0.143 e. The van der Waals surface area contributed by atoms with Crippen molar-refractivity contribution in [1.82, 2.24) is 24.5 Å². The first-order chi connectivity index (χ1) is 62.4. The minimum Gasteiger partial charge on any atom is -0.490 e. The van der Waals surface area contributed by atoms with Gasteiger partial charge >= 0.3 is 0 Å². The molecule has 4 fully saturated rings. The molecule has 14 heterocycles. The van der Waals surface area contributed by atoms with Gasteiger partial charge in [0.05, 0.1) is 70.1 Å². The summed E-state index contributed by atoms with van der Waals surface area (Å²) in [7, 11) is 8.63. The van der Waals surface area contributed by atoms with Gasteiger partial charge in [-0.3, -0.25) is 0 Å². The van der Waals surface area contributed by atoms with Gasteiger partial charge in [0, 0.05) is 138 Å². The predicted octanol–water partition coefficient (Wildman–Crippen LogP) is 21.3. The lowest BCUT2D eigenvalue weighted by Gasteiger charge is -2.34. The maximum absolute atomic E-state index is 8.32. The van der Waals surface area contributed by atoms with Crippen molar-refractivity contribution in [2.24, 2.45) is 0 Å². The first-order valence-electron chi connectivity index (χ1n) is 45.6. The van der Waals surface area contributed by atoms with Gasteiger partial charge in [-0.25, -0.2) is 0 Å². The fourth-order valence-electron chi connectivity index (χ4n) is 18.2. The summed E-state index contributed by atoms with van der Waals surface area (Å²) in [4.78, 5) is 29.2. The quantitative estimate of drug-likeness (QED) is 0.0266. The van der Waals surface area contributed by atoms with Gasteiger partial charge in [0.2, 0.25) is 0 Å². The van der Waals surface area contributed by atoms with Crippen LogP contribution in [0.5, 0.6) is 28.7 Å². The van der Waals surface area contributed by atoms with E-state index in [4.69, 9.17) is 50.7 Å². The summed E-state index contributed by atoms with van der Waals surface area (Å²) < 4.78 is 29.6. The van der Waals surface area contributed by atoms with Crippen LogP contribution in [0.2, 0.25) is 0 Å². The van der Waals surface area contributed by atoms with Gasteiger partial charge in [0.1, 0.15) is 61.8 Å². The van der Waals surface area contributed by atoms with Crippen molar-refractivity contribution in [3.63, 3.8) is 0 Å². The van der Waals surface area contributed by atoms with Crippen LogP contribution in [-0.4, -0.2) is 231 Å². The monoisotopic (exact) mass is 1850 g/mol. The summed E-state index contributed by atoms with van der Waals surface area (Å²) in [5, 5.41) is 51.5. The number of benzene rings is 5. The number of likely N-dealkylation sites (N-methyl/N-ethyl adjacent to an activating group) is 1. The second kappa shape index (κ2) is 47.9. The Morgan fingerprint density at radius 2 is 0.646 bits per heavy atom. The Hall–Kier alpha value is -10.0. The van der Waals surface area contributed by atoms with Crippen molar-refractivity contribution < 1.29 is 23.7 Å². The Morgan fingerprint density at radius 3 is 0.962 bits per heavy atom. The Balaban J connectivity index is 0.000000138. The highest BCUT2D eigenvalue weighted by atomic mass is 32.1. The molecule has 9 aliphatic rings. The van der Waals surface area contributed by atoms with Gasteiger partial charge in [-0.1, -0.05) is 95.3 Å². The van der Waals surface area contributed by atoms with Crippen LogP contribution in [0, 0.1) is 27.0 Å². The number of likely N-dealkylation sites (tertiary alicyclic amines) is 4. The van der Waals surface area contributed by atoms with Gasteiger partial charge in [0.25, 0.3) is 0 Å². The van der Waals surface area contributed by atoms with Crippen LogP contribution < -0.4 is 48.2 Å². The smallest absolute Gasteiger partial charge is 0.143 e. The molecule has 0 aliphatic carbocycles. The van der Waals surface area contributed by atoms with Crippen LogP contribution in [0.3, 0.4) is 0 Å². The number of rotatable bonds is 30. The molecule has 5 N–H and O–H groups in total. The fraction of sp³-hybridized carbons (Fsp3) is 0.419. The second-order valence-corrected chi connectivity index (χ2v) is 39.6. The van der Waals surface area contributed by atoms with Crippen molar-refractivity contribution in [2.45, 2.75) is 123 Å². The average Bonchev–Trinajstić information content (AvgIpc) is 1.06. The third-order valence-electron chi connectivity index (χ3n) is 25.5. The number of hydrogen-bond donors (Lipinski definition) is 5. The summed E-state index contributed by atoms with van der Waals surface area (Å²) >= 11 is 8.11. The summed E-state index contributed by atoms with van der Waals surface area (Å²) in [5.41, 5.74) is 17.7. The number of anilines is 5. The number of ether oxygens (including phenoxy) is 5. The van der Waals surface area contributed by atoms with E-state index >= 15 is 0 Å². The third kappa shape index (κ3) is 26.2. The molecule has 0 radical (unpaired) electrons. The van der Waals surface area contributed by atoms with E-state index in [1.807, 2.05) is 87.6 Å². The standard InChI is InChI=1S/C22H27N3OS.C21H27N3OS.C21H25N3OS.C20H25N3OS.C19H23N3OS.2CH4/c1-16-15-26-21-14-17(13-19(23)22-6-4-12-27-22)7-8-20(21)25(16)11-9-18-5-3-10-24(18)2;1-23-9-2-4-17(23)8-10-24-11-12-25-20-15-16(6-7-19(20)24)14-18(22)21-5-3-13-26-21;1-16-15-25-20-14-17(13-18(22)21-5-4-12-26-21)6-7-19(20)24(16)11-10-23-8-2-3-9-23;21-17(20-4-3-13-25-20)14-16-5-6-18-19(15-16)24-12-11-23(18)10-9-22-7-1-2-8-22;1-14-13-23-18-12-15(11-16(20)19-5-4-10-24-19)6-7-17(18)22(14)9-8-21(2)3;;/h4,6-8,12,14,18,23H,1,3,5,9-11,13,15H2,2H3;3,5-7,13,15,17,22H,2,4,8-12,14H2,1H3;4-7,12,14,22H,1-3,8-11,13,15H2;3-6,13,15,21H,1-2,7-12,14H2;4-7,10,12,20H,1,8-9,11,13H2,2-3H3;2*1H4. The Morgan fingerprint density at radius 1 is 0.346 bits per heavy atom. The number of fused-ring (bicyclic) bond motifs is 5. The second-order valence-electron chi connectivity index (χ2n) is 34.9.